The van der Waals surface area contributed by atoms with E-state index in [0.717, 1.165) is 30.5 Å². The van der Waals surface area contributed by atoms with Gasteiger partial charge < -0.3 is 5.32 Å². The summed E-state index contributed by atoms with van der Waals surface area (Å²) >= 11 is 5.97. The number of benzene rings is 1. The second kappa shape index (κ2) is 5.10. The molecular formula is C13H18ClNO2S. The largest absolute Gasteiger partial charge is 0.381 e. The van der Waals surface area contributed by atoms with E-state index in [1.165, 1.54) is 6.26 Å². The van der Waals surface area contributed by atoms with Gasteiger partial charge in [0.25, 0.3) is 0 Å². The van der Waals surface area contributed by atoms with Crippen LogP contribution in [0.1, 0.15) is 24.8 Å². The van der Waals surface area contributed by atoms with Crippen LogP contribution in [0, 0.1) is 6.92 Å². The highest BCUT2D eigenvalue weighted by atomic mass is 35.5. The van der Waals surface area contributed by atoms with E-state index in [4.69, 9.17) is 11.6 Å². The Morgan fingerprint density at radius 3 is 2.72 bits per heavy atom. The molecule has 2 atom stereocenters. The molecule has 0 bridgehead atoms. The molecule has 5 heteroatoms. The Kier molecular flexibility index (Phi) is 3.87. The Balaban J connectivity index is 2.21. The zero-order valence-corrected chi connectivity index (χ0v) is 12.2. The fraction of sp³-hybridized carbons (Fsp3) is 0.538. The lowest BCUT2D eigenvalue weighted by Crippen LogP contribution is -2.34. The summed E-state index contributed by atoms with van der Waals surface area (Å²) in [7, 11) is -2.99. The van der Waals surface area contributed by atoms with E-state index in [1.54, 1.807) is 0 Å². The highest BCUT2D eigenvalue weighted by Gasteiger charge is 2.34. The highest BCUT2D eigenvalue weighted by molar-refractivity contribution is 7.91. The van der Waals surface area contributed by atoms with E-state index in [2.05, 4.69) is 5.32 Å². The third-order valence-corrected chi connectivity index (χ3v) is 5.44. The smallest absolute Gasteiger partial charge is 0.152 e. The van der Waals surface area contributed by atoms with Crippen LogP contribution in [0.5, 0.6) is 0 Å². The Morgan fingerprint density at radius 1 is 1.33 bits per heavy atom. The third-order valence-electron chi connectivity index (χ3n) is 3.54. The minimum atomic E-state index is -2.99. The first-order valence-corrected chi connectivity index (χ1v) is 8.43. The Morgan fingerprint density at radius 2 is 2.06 bits per heavy atom. The maximum absolute atomic E-state index is 11.7. The van der Waals surface area contributed by atoms with Gasteiger partial charge in [0.1, 0.15) is 0 Å². The van der Waals surface area contributed by atoms with Crippen molar-refractivity contribution >= 4 is 27.1 Å². The third kappa shape index (κ3) is 2.98. The van der Waals surface area contributed by atoms with Crippen LogP contribution in [-0.4, -0.2) is 26.0 Å². The van der Waals surface area contributed by atoms with E-state index in [1.807, 2.05) is 25.1 Å². The molecule has 1 aromatic carbocycles. The summed E-state index contributed by atoms with van der Waals surface area (Å²) in [5.41, 5.74) is 2.02. The molecule has 1 aliphatic carbocycles. The SMILES string of the molecule is Cc1ccc(Cl)cc1NC1CCCC1S(C)(=O)=O. The molecule has 0 saturated heterocycles. The van der Waals surface area contributed by atoms with Gasteiger partial charge in [0.05, 0.1) is 5.25 Å². The van der Waals surface area contributed by atoms with Gasteiger partial charge in [-0.3, -0.25) is 0 Å². The molecule has 18 heavy (non-hydrogen) atoms. The lowest BCUT2D eigenvalue weighted by atomic mass is 10.1. The van der Waals surface area contributed by atoms with Crippen molar-refractivity contribution in [3.8, 4) is 0 Å². The molecule has 1 fully saturated rings. The molecule has 3 nitrogen and oxygen atoms in total. The molecule has 1 N–H and O–H groups in total. The van der Waals surface area contributed by atoms with Crippen LogP contribution in [0.15, 0.2) is 18.2 Å². The van der Waals surface area contributed by atoms with Gasteiger partial charge in [-0.15, -0.1) is 0 Å². The van der Waals surface area contributed by atoms with Crippen LogP contribution in [0.2, 0.25) is 5.02 Å². The van der Waals surface area contributed by atoms with Gasteiger partial charge >= 0.3 is 0 Å². The van der Waals surface area contributed by atoms with E-state index < -0.39 is 9.84 Å². The van der Waals surface area contributed by atoms with Crippen LogP contribution in [0.3, 0.4) is 0 Å². The summed E-state index contributed by atoms with van der Waals surface area (Å²) in [4.78, 5) is 0. The summed E-state index contributed by atoms with van der Waals surface area (Å²) in [6, 6.07) is 5.63. The molecule has 0 aromatic heterocycles. The van der Waals surface area contributed by atoms with Gasteiger partial charge in [-0.25, -0.2) is 8.42 Å². The lowest BCUT2D eigenvalue weighted by molar-refractivity contribution is 0.579. The van der Waals surface area contributed by atoms with Gasteiger partial charge in [-0.05, 0) is 43.9 Å². The van der Waals surface area contributed by atoms with Gasteiger partial charge in [-0.2, -0.15) is 0 Å². The molecule has 1 saturated carbocycles. The van der Waals surface area contributed by atoms with Crippen molar-refractivity contribution in [2.75, 3.05) is 11.6 Å². The van der Waals surface area contributed by atoms with E-state index in [0.29, 0.717) is 5.02 Å². The second-order valence-electron chi connectivity index (χ2n) is 5.01. The molecule has 2 rings (SSSR count). The van der Waals surface area contributed by atoms with E-state index in [-0.39, 0.29) is 11.3 Å². The van der Waals surface area contributed by atoms with Crippen molar-refractivity contribution in [3.05, 3.63) is 28.8 Å². The zero-order valence-electron chi connectivity index (χ0n) is 10.6. The zero-order chi connectivity index (χ0) is 13.3. The number of anilines is 1. The highest BCUT2D eigenvalue weighted by Crippen LogP contribution is 2.30. The molecule has 1 aromatic rings. The van der Waals surface area contributed by atoms with Crippen molar-refractivity contribution in [2.45, 2.75) is 37.5 Å². The molecular weight excluding hydrogens is 270 g/mol. The fourth-order valence-corrected chi connectivity index (χ4v) is 4.12. The summed E-state index contributed by atoms with van der Waals surface area (Å²) in [5, 5.41) is 3.73. The molecule has 1 aliphatic rings. The summed E-state index contributed by atoms with van der Waals surface area (Å²) in [6.45, 7) is 1.99. The topological polar surface area (TPSA) is 46.2 Å². The predicted octanol–water partition coefficient (Wildman–Crippen LogP) is 3.03. The van der Waals surface area contributed by atoms with E-state index >= 15 is 0 Å². The van der Waals surface area contributed by atoms with Gasteiger partial charge in [0.15, 0.2) is 9.84 Å². The van der Waals surface area contributed by atoms with E-state index in [9.17, 15) is 8.42 Å². The number of hydrogen-bond donors (Lipinski definition) is 1. The molecule has 0 amide bonds. The maximum atomic E-state index is 11.7. The number of aryl methyl sites for hydroxylation is 1. The second-order valence-corrected chi connectivity index (χ2v) is 7.71. The number of halogens is 1. The van der Waals surface area contributed by atoms with Crippen LogP contribution < -0.4 is 5.32 Å². The molecule has 100 valence electrons. The van der Waals surface area contributed by atoms with Crippen molar-refractivity contribution < 1.29 is 8.42 Å². The number of hydrogen-bond acceptors (Lipinski definition) is 3. The first-order valence-electron chi connectivity index (χ1n) is 6.09. The van der Waals surface area contributed by atoms with Crippen molar-refractivity contribution in [1.82, 2.24) is 0 Å². The summed E-state index contributed by atoms with van der Waals surface area (Å²) in [5.74, 6) is 0. The quantitative estimate of drug-likeness (QED) is 0.929. The van der Waals surface area contributed by atoms with Crippen LogP contribution in [0.25, 0.3) is 0 Å². The van der Waals surface area contributed by atoms with Gasteiger partial charge in [-0.1, -0.05) is 17.7 Å². The van der Waals surface area contributed by atoms with Crippen LogP contribution in [-0.2, 0) is 9.84 Å². The number of sulfone groups is 1. The molecule has 0 heterocycles. The number of rotatable bonds is 3. The summed E-state index contributed by atoms with van der Waals surface area (Å²) in [6.07, 6.45) is 3.91. The molecule has 2 unspecified atom stereocenters. The average Bonchev–Trinajstić information content (AvgIpc) is 2.71. The Labute approximate surface area is 113 Å². The first-order chi connectivity index (χ1) is 8.38. The standard InChI is InChI=1S/C13H18ClNO2S/c1-9-6-7-10(14)8-12(9)15-11-4-3-5-13(11)18(2,16)17/h6-8,11,13,15H,3-5H2,1-2H3. The number of nitrogens with one attached hydrogen (secondary N) is 1. The predicted molar refractivity (Wildman–Crippen MR) is 76.1 cm³/mol. The fourth-order valence-electron chi connectivity index (χ4n) is 2.55. The molecule has 0 radical (unpaired) electrons. The Bertz CT molecular complexity index is 542. The summed E-state index contributed by atoms with van der Waals surface area (Å²) < 4.78 is 23.4. The minimum absolute atomic E-state index is 0.00262. The van der Waals surface area contributed by atoms with Crippen LogP contribution in [0.4, 0.5) is 5.69 Å². The minimum Gasteiger partial charge on any atom is -0.381 e. The van der Waals surface area contributed by atoms with Crippen molar-refractivity contribution in [2.24, 2.45) is 0 Å². The van der Waals surface area contributed by atoms with Crippen molar-refractivity contribution in [1.29, 1.82) is 0 Å². The molecule has 0 spiro atoms. The lowest BCUT2D eigenvalue weighted by Gasteiger charge is -2.22. The van der Waals surface area contributed by atoms with Gasteiger partial charge in [0.2, 0.25) is 0 Å². The average molecular weight is 288 g/mol. The normalized spacial score (nSPS) is 24.2. The van der Waals surface area contributed by atoms with Gasteiger partial charge in [0, 0.05) is 23.0 Å². The molecule has 0 aliphatic heterocycles. The van der Waals surface area contributed by atoms with Crippen LogP contribution >= 0.6 is 11.6 Å². The Hall–Kier alpha value is -0.740. The maximum Gasteiger partial charge on any atom is 0.152 e. The monoisotopic (exact) mass is 287 g/mol. The van der Waals surface area contributed by atoms with Crippen molar-refractivity contribution in [3.63, 3.8) is 0 Å². The first kappa shape index (κ1) is 13.7.